The van der Waals surface area contributed by atoms with Crippen LogP contribution in [0.3, 0.4) is 0 Å². The van der Waals surface area contributed by atoms with Crippen LogP contribution >= 0.6 is 11.8 Å². The zero-order valence-electron chi connectivity index (χ0n) is 18.7. The minimum atomic E-state index is -0.562. The second-order valence-electron chi connectivity index (χ2n) is 8.35. The third-order valence-corrected chi connectivity index (χ3v) is 6.08. The van der Waals surface area contributed by atoms with Gasteiger partial charge in [-0.25, -0.2) is 0 Å². The fourth-order valence-corrected chi connectivity index (χ4v) is 4.77. The van der Waals surface area contributed by atoms with Crippen LogP contribution in [0, 0.1) is 5.92 Å². The predicted molar refractivity (Wildman–Crippen MR) is 129 cm³/mol. The molecule has 1 N–H and O–H groups in total. The lowest BCUT2D eigenvalue weighted by atomic mass is 10.1. The van der Waals surface area contributed by atoms with Gasteiger partial charge in [-0.15, -0.1) is 6.58 Å². The molecule has 2 aromatic rings. The topological polar surface area (TPSA) is 62.0 Å². The third kappa shape index (κ3) is 7.10. The number of aliphatic hydroxyl groups excluding tert-OH is 1. The molecule has 170 valence electrons. The first-order valence-electron chi connectivity index (χ1n) is 11.0. The van der Waals surface area contributed by atoms with Gasteiger partial charge in [0, 0.05) is 49.8 Å². The van der Waals surface area contributed by atoms with E-state index in [0.717, 1.165) is 53.8 Å². The van der Waals surface area contributed by atoms with Crippen LogP contribution in [0.15, 0.2) is 47.5 Å². The normalized spacial score (nSPS) is 15.6. The highest BCUT2D eigenvalue weighted by atomic mass is 32.2. The second kappa shape index (κ2) is 12.3. The number of ether oxygens (including phenoxy) is 1. The van der Waals surface area contributed by atoms with E-state index < -0.39 is 6.10 Å². The molecule has 2 heterocycles. The van der Waals surface area contributed by atoms with Crippen LogP contribution in [-0.2, 0) is 11.3 Å². The lowest BCUT2D eigenvalue weighted by Gasteiger charge is -2.29. The van der Waals surface area contributed by atoms with E-state index in [9.17, 15) is 5.11 Å². The van der Waals surface area contributed by atoms with E-state index >= 15 is 0 Å². The van der Waals surface area contributed by atoms with E-state index in [1.807, 2.05) is 30.0 Å². The summed E-state index contributed by atoms with van der Waals surface area (Å²) in [6.07, 6.45) is 1.14. The van der Waals surface area contributed by atoms with Gasteiger partial charge < -0.3 is 19.3 Å². The average Bonchev–Trinajstić information content (AvgIpc) is 3.18. The molecular weight excluding hydrogens is 410 g/mol. The Labute approximate surface area is 190 Å². The highest BCUT2D eigenvalue weighted by Crippen LogP contribution is 2.33. The highest BCUT2D eigenvalue weighted by molar-refractivity contribution is 7.99. The van der Waals surface area contributed by atoms with Crippen LogP contribution in [0.25, 0.3) is 11.3 Å². The highest BCUT2D eigenvalue weighted by Gasteiger charge is 2.26. The maximum atomic E-state index is 10.5. The molecule has 1 aromatic carbocycles. The summed E-state index contributed by atoms with van der Waals surface area (Å²) in [6.45, 7) is 12.8. The van der Waals surface area contributed by atoms with E-state index in [1.165, 1.54) is 0 Å². The van der Waals surface area contributed by atoms with Crippen LogP contribution in [0.2, 0.25) is 0 Å². The summed E-state index contributed by atoms with van der Waals surface area (Å²) in [4.78, 5) is 4.59. The van der Waals surface area contributed by atoms with Gasteiger partial charge in [0.2, 0.25) is 5.88 Å². The van der Waals surface area contributed by atoms with Gasteiger partial charge >= 0.3 is 0 Å². The number of aromatic nitrogens is 1. The smallest absolute Gasteiger partial charge is 0.232 e. The fourth-order valence-electron chi connectivity index (χ4n) is 3.86. The molecule has 1 aliphatic rings. The van der Waals surface area contributed by atoms with Gasteiger partial charge in [0.1, 0.15) is 5.69 Å². The molecule has 1 atom stereocenters. The average molecular weight is 446 g/mol. The van der Waals surface area contributed by atoms with Gasteiger partial charge in [-0.2, -0.15) is 11.8 Å². The molecule has 0 saturated carbocycles. The van der Waals surface area contributed by atoms with Gasteiger partial charge in [-0.3, -0.25) is 4.90 Å². The van der Waals surface area contributed by atoms with Crippen molar-refractivity contribution in [2.45, 2.75) is 26.5 Å². The first-order chi connectivity index (χ1) is 15.1. The van der Waals surface area contributed by atoms with E-state index in [4.69, 9.17) is 9.26 Å². The summed E-state index contributed by atoms with van der Waals surface area (Å²) in [7, 11) is 0. The number of benzene rings is 1. The quantitative estimate of drug-likeness (QED) is 0.392. The Kier molecular flexibility index (Phi) is 9.46. The molecule has 1 aromatic heterocycles. The Morgan fingerprint density at radius 3 is 2.68 bits per heavy atom. The maximum absolute atomic E-state index is 10.5. The van der Waals surface area contributed by atoms with Crippen molar-refractivity contribution in [3.8, 4) is 11.3 Å². The van der Waals surface area contributed by atoms with Crippen molar-refractivity contribution in [1.82, 2.24) is 10.1 Å². The third-order valence-electron chi connectivity index (χ3n) is 5.13. The van der Waals surface area contributed by atoms with Crippen LogP contribution in [0.4, 0.5) is 5.88 Å². The first-order valence-corrected chi connectivity index (χ1v) is 12.2. The van der Waals surface area contributed by atoms with Gasteiger partial charge in [0.05, 0.1) is 24.9 Å². The Bertz CT molecular complexity index is 791. The standard InChI is InChI=1S/C24H35N3O3S/c1-4-12-29-18-21(28)16-26(15-19(2)3)17-22-23(20-8-6-5-7-9-20)25-30-24(22)27-10-13-31-14-11-27/h4-9,19,21,28H,1,10-18H2,2-3H3. The zero-order valence-corrected chi connectivity index (χ0v) is 19.5. The molecule has 3 rings (SSSR count). The molecule has 0 bridgehead atoms. The summed E-state index contributed by atoms with van der Waals surface area (Å²) in [5.74, 6) is 3.52. The van der Waals surface area contributed by atoms with E-state index in [0.29, 0.717) is 32.2 Å². The molecule has 0 aliphatic carbocycles. The Morgan fingerprint density at radius 1 is 1.26 bits per heavy atom. The zero-order chi connectivity index (χ0) is 22.1. The van der Waals surface area contributed by atoms with Crippen molar-refractivity contribution >= 4 is 17.6 Å². The van der Waals surface area contributed by atoms with Crippen molar-refractivity contribution in [3.63, 3.8) is 0 Å². The van der Waals surface area contributed by atoms with Crippen molar-refractivity contribution in [3.05, 3.63) is 48.6 Å². The largest absolute Gasteiger partial charge is 0.389 e. The van der Waals surface area contributed by atoms with Crippen LogP contribution in [-0.4, -0.2) is 72.2 Å². The van der Waals surface area contributed by atoms with Gasteiger partial charge in [-0.1, -0.05) is 55.4 Å². The summed E-state index contributed by atoms with van der Waals surface area (Å²) in [5.41, 5.74) is 3.04. The minimum absolute atomic E-state index is 0.298. The number of thioether (sulfide) groups is 1. The molecular formula is C24H35N3O3S. The molecule has 1 saturated heterocycles. The number of hydrogen-bond acceptors (Lipinski definition) is 7. The van der Waals surface area contributed by atoms with Crippen LogP contribution in [0.1, 0.15) is 19.4 Å². The Morgan fingerprint density at radius 2 is 2.00 bits per heavy atom. The molecule has 0 amide bonds. The Balaban J connectivity index is 1.85. The molecule has 1 fully saturated rings. The molecule has 7 heteroatoms. The van der Waals surface area contributed by atoms with Crippen LogP contribution in [0.5, 0.6) is 0 Å². The van der Waals surface area contributed by atoms with E-state index in [2.05, 4.69) is 47.5 Å². The summed E-state index contributed by atoms with van der Waals surface area (Å²) < 4.78 is 11.4. The monoisotopic (exact) mass is 445 g/mol. The molecule has 1 aliphatic heterocycles. The molecule has 0 spiro atoms. The van der Waals surface area contributed by atoms with Crippen molar-refractivity contribution in [2.75, 3.05) is 55.8 Å². The number of rotatable bonds is 12. The SMILES string of the molecule is C=CCOCC(O)CN(Cc1c(-c2ccccc2)noc1N1CCSCC1)CC(C)C. The fraction of sp³-hybridized carbons (Fsp3) is 0.542. The molecule has 1 unspecified atom stereocenters. The second-order valence-corrected chi connectivity index (χ2v) is 9.57. The first kappa shape index (κ1) is 23.9. The van der Waals surface area contributed by atoms with Gasteiger partial charge in [0.25, 0.3) is 0 Å². The maximum Gasteiger partial charge on any atom is 0.232 e. The lowest BCUT2D eigenvalue weighted by molar-refractivity contribution is 0.0223. The number of aliphatic hydroxyl groups is 1. The lowest BCUT2D eigenvalue weighted by Crippen LogP contribution is -2.38. The minimum Gasteiger partial charge on any atom is -0.389 e. The summed E-state index contributed by atoms with van der Waals surface area (Å²) in [5, 5.41) is 15.0. The predicted octanol–water partition coefficient (Wildman–Crippen LogP) is 3.92. The van der Waals surface area contributed by atoms with E-state index in [-0.39, 0.29) is 0 Å². The molecule has 6 nitrogen and oxygen atoms in total. The molecule has 31 heavy (non-hydrogen) atoms. The van der Waals surface area contributed by atoms with Crippen molar-refractivity contribution < 1.29 is 14.4 Å². The Hall–Kier alpha value is -1.80. The number of hydrogen-bond donors (Lipinski definition) is 1. The number of anilines is 1. The van der Waals surface area contributed by atoms with Gasteiger partial charge in [-0.05, 0) is 5.92 Å². The summed E-state index contributed by atoms with van der Waals surface area (Å²) in [6, 6.07) is 10.2. The number of nitrogens with zero attached hydrogens (tertiary/aromatic N) is 3. The van der Waals surface area contributed by atoms with Crippen molar-refractivity contribution in [1.29, 1.82) is 0 Å². The van der Waals surface area contributed by atoms with E-state index in [1.54, 1.807) is 6.08 Å². The summed E-state index contributed by atoms with van der Waals surface area (Å²) >= 11 is 1.97. The van der Waals surface area contributed by atoms with Crippen molar-refractivity contribution in [2.24, 2.45) is 5.92 Å². The molecule has 0 radical (unpaired) electrons. The van der Waals surface area contributed by atoms with Crippen LogP contribution < -0.4 is 4.90 Å². The van der Waals surface area contributed by atoms with Gasteiger partial charge in [0.15, 0.2) is 0 Å².